The van der Waals surface area contributed by atoms with E-state index in [-0.39, 0.29) is 30.1 Å². The Morgan fingerprint density at radius 3 is 2.62 bits per heavy atom. The summed E-state index contributed by atoms with van der Waals surface area (Å²) < 4.78 is 51.6. The number of unbranched alkanes of at least 4 members (excludes halogenated alkanes) is 1. The molecular weight excluding hydrogens is 383 g/mol. The van der Waals surface area contributed by atoms with Gasteiger partial charge in [-0.25, -0.2) is 13.2 Å². The molecule has 0 atom stereocenters. The van der Waals surface area contributed by atoms with E-state index in [2.05, 4.69) is 11.9 Å². The van der Waals surface area contributed by atoms with Crippen LogP contribution in [0.4, 0.5) is 13.2 Å². The van der Waals surface area contributed by atoms with Crippen LogP contribution in [0.15, 0.2) is 36.5 Å². The zero-order chi connectivity index (χ0) is 20.8. The Bertz CT molecular complexity index is 1000. The minimum absolute atomic E-state index is 0.0712. The molecule has 4 nitrogen and oxygen atoms in total. The minimum Gasteiger partial charge on any atom is -0.491 e. The van der Waals surface area contributed by atoms with Crippen LogP contribution < -0.4 is 4.74 Å². The molecule has 1 aromatic heterocycles. The zero-order valence-corrected chi connectivity index (χ0v) is 16.1. The normalized spacial score (nSPS) is 11.2. The molecule has 0 saturated heterocycles. The van der Waals surface area contributed by atoms with Crippen LogP contribution in [0.5, 0.6) is 5.75 Å². The maximum Gasteiger partial charge on any atom is 0.169 e. The van der Waals surface area contributed by atoms with Crippen molar-refractivity contribution in [3.63, 3.8) is 0 Å². The molecule has 0 aliphatic rings. The SMILES string of the molecule is CCCCOCCOc1cc(F)ccc1CC(=O)c1c[nH]c2cc(F)c(F)cc12. The van der Waals surface area contributed by atoms with Gasteiger partial charge in [-0.15, -0.1) is 0 Å². The zero-order valence-electron chi connectivity index (χ0n) is 16.1. The van der Waals surface area contributed by atoms with Gasteiger partial charge in [-0.05, 0) is 18.6 Å². The third-order valence-corrected chi connectivity index (χ3v) is 4.53. The Balaban J connectivity index is 1.72. The van der Waals surface area contributed by atoms with E-state index < -0.39 is 17.5 Å². The number of halogens is 3. The Labute approximate surface area is 166 Å². The summed E-state index contributed by atoms with van der Waals surface area (Å²) in [7, 11) is 0. The van der Waals surface area contributed by atoms with E-state index in [0.717, 1.165) is 25.0 Å². The number of aromatic nitrogens is 1. The fourth-order valence-electron chi connectivity index (χ4n) is 2.98. The molecular formula is C22H22F3NO3. The van der Waals surface area contributed by atoms with E-state index in [4.69, 9.17) is 9.47 Å². The molecule has 0 saturated carbocycles. The van der Waals surface area contributed by atoms with E-state index in [1.54, 1.807) is 0 Å². The lowest BCUT2D eigenvalue weighted by atomic mass is 10.0. The third kappa shape index (κ3) is 5.17. The number of Topliss-reactive ketones (excluding diaryl/α,β-unsaturated/α-hetero) is 1. The third-order valence-electron chi connectivity index (χ3n) is 4.53. The fourth-order valence-corrected chi connectivity index (χ4v) is 2.98. The predicted molar refractivity (Wildman–Crippen MR) is 104 cm³/mol. The van der Waals surface area contributed by atoms with Crippen LogP contribution in [0.3, 0.4) is 0 Å². The van der Waals surface area contributed by atoms with Crippen LogP contribution in [0.1, 0.15) is 35.7 Å². The lowest BCUT2D eigenvalue weighted by Crippen LogP contribution is -2.10. The highest BCUT2D eigenvalue weighted by Gasteiger charge is 2.17. The van der Waals surface area contributed by atoms with Gasteiger partial charge in [-0.2, -0.15) is 0 Å². The number of fused-ring (bicyclic) bond motifs is 1. The lowest BCUT2D eigenvalue weighted by molar-refractivity contribution is 0.0963. The number of rotatable bonds is 10. The molecule has 1 heterocycles. The molecule has 2 aromatic carbocycles. The van der Waals surface area contributed by atoms with Gasteiger partial charge in [0.15, 0.2) is 17.4 Å². The first-order chi connectivity index (χ1) is 14.0. The molecule has 0 aliphatic carbocycles. The van der Waals surface area contributed by atoms with Crippen molar-refractivity contribution in [2.45, 2.75) is 26.2 Å². The molecule has 3 rings (SSSR count). The molecule has 29 heavy (non-hydrogen) atoms. The van der Waals surface area contributed by atoms with E-state index in [0.29, 0.717) is 29.7 Å². The highest BCUT2D eigenvalue weighted by atomic mass is 19.2. The van der Waals surface area contributed by atoms with Gasteiger partial charge in [0.25, 0.3) is 0 Å². The number of ketones is 1. The highest BCUT2D eigenvalue weighted by Crippen LogP contribution is 2.26. The van der Waals surface area contributed by atoms with Crippen LogP contribution >= 0.6 is 0 Å². The summed E-state index contributed by atoms with van der Waals surface area (Å²) in [4.78, 5) is 15.5. The summed E-state index contributed by atoms with van der Waals surface area (Å²) in [5, 5.41) is 0.294. The van der Waals surface area contributed by atoms with Crippen molar-refractivity contribution in [2.75, 3.05) is 19.8 Å². The van der Waals surface area contributed by atoms with Gasteiger partial charge < -0.3 is 14.5 Å². The van der Waals surface area contributed by atoms with Crippen molar-refractivity contribution < 1.29 is 27.4 Å². The Morgan fingerprint density at radius 2 is 1.83 bits per heavy atom. The summed E-state index contributed by atoms with van der Waals surface area (Å²) >= 11 is 0. The molecule has 154 valence electrons. The van der Waals surface area contributed by atoms with Gasteiger partial charge in [0.05, 0.1) is 6.61 Å². The number of H-pyrrole nitrogens is 1. The molecule has 0 spiro atoms. The van der Waals surface area contributed by atoms with E-state index >= 15 is 0 Å². The number of carbonyl (C=O) groups excluding carboxylic acids is 1. The largest absolute Gasteiger partial charge is 0.491 e. The lowest BCUT2D eigenvalue weighted by Gasteiger charge is -2.12. The quantitative estimate of drug-likeness (QED) is 0.372. The first-order valence-electron chi connectivity index (χ1n) is 9.48. The second-order valence-electron chi connectivity index (χ2n) is 6.68. The van der Waals surface area contributed by atoms with Gasteiger partial charge in [0.1, 0.15) is 18.2 Å². The second-order valence-corrected chi connectivity index (χ2v) is 6.68. The van der Waals surface area contributed by atoms with Gasteiger partial charge in [0, 0.05) is 53.4 Å². The molecule has 7 heteroatoms. The predicted octanol–water partition coefficient (Wildman–Crippen LogP) is 5.21. The Morgan fingerprint density at radius 1 is 1.03 bits per heavy atom. The number of hydrogen-bond acceptors (Lipinski definition) is 3. The number of benzene rings is 2. The summed E-state index contributed by atoms with van der Waals surface area (Å²) in [6, 6.07) is 5.95. The molecule has 0 bridgehead atoms. The maximum atomic E-state index is 13.6. The Kier molecular flexibility index (Phi) is 6.93. The van der Waals surface area contributed by atoms with Crippen molar-refractivity contribution in [3.05, 3.63) is 65.1 Å². The van der Waals surface area contributed by atoms with E-state index in [1.165, 1.54) is 24.4 Å². The average Bonchev–Trinajstić information content (AvgIpc) is 3.09. The standard InChI is InChI=1S/C22H22F3NO3/c1-2-3-6-28-7-8-29-22-10-15(23)5-4-14(22)9-21(27)17-13-26-20-12-19(25)18(24)11-16(17)20/h4-5,10-13,26H,2-3,6-9H2,1H3. The van der Waals surface area contributed by atoms with Crippen LogP contribution in [0, 0.1) is 17.5 Å². The van der Waals surface area contributed by atoms with Crippen LogP contribution in [0.25, 0.3) is 10.9 Å². The first kappa shape index (κ1) is 20.9. The molecule has 3 aromatic rings. The van der Waals surface area contributed by atoms with Crippen LogP contribution in [-0.4, -0.2) is 30.6 Å². The fraction of sp³-hybridized carbons (Fsp3) is 0.318. The van der Waals surface area contributed by atoms with Crippen LogP contribution in [0.2, 0.25) is 0 Å². The second kappa shape index (κ2) is 9.60. The maximum absolute atomic E-state index is 13.6. The molecule has 0 unspecified atom stereocenters. The number of nitrogens with one attached hydrogen (secondary N) is 1. The highest BCUT2D eigenvalue weighted by molar-refractivity contribution is 6.08. The summed E-state index contributed by atoms with van der Waals surface area (Å²) in [5.41, 5.74) is 1.06. The smallest absolute Gasteiger partial charge is 0.169 e. The summed E-state index contributed by atoms with van der Waals surface area (Å²) in [6.45, 7) is 3.28. The molecule has 0 aliphatic heterocycles. The Hall–Kier alpha value is -2.80. The topological polar surface area (TPSA) is 51.3 Å². The van der Waals surface area contributed by atoms with Crippen molar-refractivity contribution >= 4 is 16.7 Å². The van der Waals surface area contributed by atoms with Crippen molar-refractivity contribution in [1.82, 2.24) is 4.98 Å². The summed E-state index contributed by atoms with van der Waals surface area (Å²) in [5.74, 6) is -2.56. The average molecular weight is 405 g/mol. The number of carbonyl (C=O) groups is 1. The molecule has 0 fully saturated rings. The molecule has 0 amide bonds. The van der Waals surface area contributed by atoms with Crippen molar-refractivity contribution in [1.29, 1.82) is 0 Å². The number of aromatic amines is 1. The minimum atomic E-state index is -1.03. The number of ether oxygens (including phenoxy) is 2. The molecule has 0 radical (unpaired) electrons. The van der Waals surface area contributed by atoms with Gasteiger partial charge >= 0.3 is 0 Å². The van der Waals surface area contributed by atoms with Crippen molar-refractivity contribution in [3.8, 4) is 5.75 Å². The van der Waals surface area contributed by atoms with Gasteiger partial charge in [-0.3, -0.25) is 4.79 Å². The number of hydrogen-bond donors (Lipinski definition) is 1. The summed E-state index contributed by atoms with van der Waals surface area (Å²) in [6.07, 6.45) is 3.33. The van der Waals surface area contributed by atoms with Crippen LogP contribution in [-0.2, 0) is 11.2 Å². The van der Waals surface area contributed by atoms with E-state index in [9.17, 15) is 18.0 Å². The monoisotopic (exact) mass is 405 g/mol. The van der Waals surface area contributed by atoms with Gasteiger partial charge in [0.2, 0.25) is 0 Å². The van der Waals surface area contributed by atoms with E-state index in [1.807, 2.05) is 0 Å². The molecule has 1 N–H and O–H groups in total. The first-order valence-corrected chi connectivity index (χ1v) is 9.48. The van der Waals surface area contributed by atoms with Gasteiger partial charge in [-0.1, -0.05) is 19.4 Å². The van der Waals surface area contributed by atoms with Crippen molar-refractivity contribution in [2.24, 2.45) is 0 Å².